The van der Waals surface area contributed by atoms with Crippen molar-refractivity contribution in [1.29, 1.82) is 0 Å². The first kappa shape index (κ1) is 17.6. The van der Waals surface area contributed by atoms with E-state index in [1.165, 1.54) is 10.6 Å². The minimum absolute atomic E-state index is 0.0606. The van der Waals surface area contributed by atoms with E-state index in [-0.39, 0.29) is 11.0 Å². The van der Waals surface area contributed by atoms with Crippen molar-refractivity contribution in [1.82, 2.24) is 10.3 Å². The summed E-state index contributed by atoms with van der Waals surface area (Å²) < 4.78 is 5.85. The molecule has 0 saturated heterocycles. The van der Waals surface area contributed by atoms with Crippen molar-refractivity contribution in [2.45, 2.75) is 79.0 Å². The molecule has 0 aromatic carbocycles. The van der Waals surface area contributed by atoms with E-state index in [2.05, 4.69) is 53.8 Å². The van der Waals surface area contributed by atoms with Crippen LogP contribution in [0.3, 0.4) is 0 Å². The molecule has 3 nitrogen and oxygen atoms in total. The zero-order valence-corrected chi connectivity index (χ0v) is 15.1. The van der Waals surface area contributed by atoms with Crippen LogP contribution in [-0.2, 0) is 22.3 Å². The summed E-state index contributed by atoms with van der Waals surface area (Å²) in [6.07, 6.45) is 0. The first-order valence-corrected chi connectivity index (χ1v) is 8.27. The van der Waals surface area contributed by atoms with E-state index in [0.717, 1.165) is 11.6 Å². The maximum absolute atomic E-state index is 5.85. The largest absolute Gasteiger partial charge is 0.369 e. The topological polar surface area (TPSA) is 34.1 Å². The third-order valence-electron chi connectivity index (χ3n) is 3.10. The molecule has 0 fully saturated rings. The van der Waals surface area contributed by atoms with E-state index in [0.29, 0.717) is 12.6 Å². The van der Waals surface area contributed by atoms with Crippen LogP contribution in [-0.4, -0.2) is 17.6 Å². The second-order valence-electron chi connectivity index (χ2n) is 7.02. The Morgan fingerprint density at radius 1 is 1.20 bits per heavy atom. The summed E-state index contributed by atoms with van der Waals surface area (Å²) in [5, 5.41) is 4.57. The standard InChI is InChI=1S/C16H30N2OS/c1-9-19-16(7,8)14-18-13(15(4,5)6)12(20-14)10-17-11(2)3/h11,17H,9-10H2,1-8H3. The highest BCUT2D eigenvalue weighted by Gasteiger charge is 2.30. The van der Waals surface area contributed by atoms with Crippen LogP contribution in [0.25, 0.3) is 0 Å². The van der Waals surface area contributed by atoms with Gasteiger partial charge in [-0.1, -0.05) is 34.6 Å². The van der Waals surface area contributed by atoms with Gasteiger partial charge in [-0.15, -0.1) is 11.3 Å². The number of aromatic nitrogens is 1. The third-order valence-corrected chi connectivity index (χ3v) is 4.46. The van der Waals surface area contributed by atoms with Crippen molar-refractivity contribution in [2.75, 3.05) is 6.61 Å². The molecule has 1 N–H and O–H groups in total. The van der Waals surface area contributed by atoms with Gasteiger partial charge in [-0.25, -0.2) is 4.98 Å². The van der Waals surface area contributed by atoms with Crippen molar-refractivity contribution in [3.05, 3.63) is 15.6 Å². The molecule has 1 aromatic rings. The molecule has 0 amide bonds. The molecule has 0 spiro atoms. The van der Waals surface area contributed by atoms with Crippen LogP contribution in [0.4, 0.5) is 0 Å². The minimum Gasteiger partial charge on any atom is -0.369 e. The molecule has 1 heterocycles. The van der Waals surface area contributed by atoms with E-state index in [4.69, 9.17) is 9.72 Å². The number of ether oxygens (including phenoxy) is 1. The number of rotatable bonds is 6. The fourth-order valence-electron chi connectivity index (χ4n) is 2.03. The Morgan fingerprint density at radius 2 is 1.80 bits per heavy atom. The third kappa shape index (κ3) is 4.54. The van der Waals surface area contributed by atoms with Crippen molar-refractivity contribution in [3.63, 3.8) is 0 Å². The van der Waals surface area contributed by atoms with Crippen LogP contribution < -0.4 is 5.32 Å². The summed E-state index contributed by atoms with van der Waals surface area (Å²) in [6.45, 7) is 18.8. The van der Waals surface area contributed by atoms with Gasteiger partial charge in [0, 0.05) is 29.5 Å². The summed E-state index contributed by atoms with van der Waals surface area (Å²) >= 11 is 1.78. The lowest BCUT2D eigenvalue weighted by Gasteiger charge is -2.22. The molecule has 0 saturated carbocycles. The van der Waals surface area contributed by atoms with Crippen molar-refractivity contribution < 1.29 is 4.74 Å². The fourth-order valence-corrected chi connectivity index (χ4v) is 3.31. The van der Waals surface area contributed by atoms with Gasteiger partial charge in [0.05, 0.1) is 5.69 Å². The average Bonchev–Trinajstić information content (AvgIpc) is 2.70. The van der Waals surface area contributed by atoms with Crippen molar-refractivity contribution in [2.24, 2.45) is 0 Å². The van der Waals surface area contributed by atoms with Gasteiger partial charge in [0.2, 0.25) is 0 Å². The molecule has 0 bridgehead atoms. The first-order chi connectivity index (χ1) is 9.08. The van der Waals surface area contributed by atoms with Gasteiger partial charge < -0.3 is 10.1 Å². The van der Waals surface area contributed by atoms with E-state index < -0.39 is 0 Å². The summed E-state index contributed by atoms with van der Waals surface area (Å²) in [5.41, 5.74) is 0.944. The van der Waals surface area contributed by atoms with Crippen LogP contribution in [0.5, 0.6) is 0 Å². The number of thiazole rings is 1. The monoisotopic (exact) mass is 298 g/mol. The van der Waals surface area contributed by atoms with Gasteiger partial charge in [0.1, 0.15) is 10.6 Å². The lowest BCUT2D eigenvalue weighted by molar-refractivity contribution is -0.0143. The van der Waals surface area contributed by atoms with Crippen LogP contribution in [0.15, 0.2) is 0 Å². The van der Waals surface area contributed by atoms with Crippen LogP contribution in [0, 0.1) is 0 Å². The summed E-state index contributed by atoms with van der Waals surface area (Å²) in [4.78, 5) is 6.23. The Kier molecular flexibility index (Phi) is 5.76. The second-order valence-corrected chi connectivity index (χ2v) is 8.10. The summed E-state index contributed by atoms with van der Waals surface area (Å²) in [6, 6.07) is 0.480. The number of nitrogens with one attached hydrogen (secondary N) is 1. The van der Waals surface area contributed by atoms with Crippen molar-refractivity contribution >= 4 is 11.3 Å². The average molecular weight is 298 g/mol. The van der Waals surface area contributed by atoms with E-state index in [1.54, 1.807) is 11.3 Å². The molecule has 0 unspecified atom stereocenters. The lowest BCUT2D eigenvalue weighted by Crippen LogP contribution is -2.24. The molecule has 0 aliphatic heterocycles. The predicted octanol–water partition coefficient (Wildman–Crippen LogP) is 4.21. The Hall–Kier alpha value is -0.450. The van der Waals surface area contributed by atoms with E-state index in [1.807, 2.05) is 6.92 Å². The Labute approximate surface area is 128 Å². The molecule has 1 aromatic heterocycles. The number of nitrogens with zero attached hydrogens (tertiary/aromatic N) is 1. The maximum Gasteiger partial charge on any atom is 0.125 e. The Bertz CT molecular complexity index is 430. The number of hydrogen-bond donors (Lipinski definition) is 1. The zero-order valence-electron chi connectivity index (χ0n) is 14.3. The van der Waals surface area contributed by atoms with Crippen LogP contribution >= 0.6 is 11.3 Å². The van der Waals surface area contributed by atoms with Gasteiger partial charge in [0.25, 0.3) is 0 Å². The molecule has 0 aliphatic rings. The Morgan fingerprint density at radius 3 is 2.25 bits per heavy atom. The normalized spacial score (nSPS) is 13.2. The Balaban J connectivity index is 3.12. The van der Waals surface area contributed by atoms with Gasteiger partial charge in [-0.3, -0.25) is 0 Å². The molecule has 0 atom stereocenters. The molecule has 1 rings (SSSR count). The smallest absolute Gasteiger partial charge is 0.125 e. The van der Waals surface area contributed by atoms with Crippen LogP contribution in [0.2, 0.25) is 0 Å². The quantitative estimate of drug-likeness (QED) is 0.854. The van der Waals surface area contributed by atoms with Crippen molar-refractivity contribution in [3.8, 4) is 0 Å². The molecular formula is C16H30N2OS. The highest BCUT2D eigenvalue weighted by Crippen LogP contribution is 2.35. The predicted molar refractivity (Wildman–Crippen MR) is 87.4 cm³/mol. The van der Waals surface area contributed by atoms with Gasteiger partial charge in [-0.05, 0) is 20.8 Å². The molecule has 20 heavy (non-hydrogen) atoms. The highest BCUT2D eigenvalue weighted by molar-refractivity contribution is 7.11. The first-order valence-electron chi connectivity index (χ1n) is 7.46. The molecule has 0 aliphatic carbocycles. The fraction of sp³-hybridized carbons (Fsp3) is 0.812. The van der Waals surface area contributed by atoms with E-state index >= 15 is 0 Å². The summed E-state index contributed by atoms with van der Waals surface area (Å²) in [7, 11) is 0. The molecule has 4 heteroatoms. The van der Waals surface area contributed by atoms with Gasteiger partial charge in [-0.2, -0.15) is 0 Å². The molecule has 0 radical (unpaired) electrons. The van der Waals surface area contributed by atoms with E-state index in [9.17, 15) is 0 Å². The van der Waals surface area contributed by atoms with Gasteiger partial charge in [0.15, 0.2) is 0 Å². The van der Waals surface area contributed by atoms with Crippen LogP contribution in [0.1, 0.15) is 71.0 Å². The van der Waals surface area contributed by atoms with Gasteiger partial charge >= 0.3 is 0 Å². The minimum atomic E-state index is -0.310. The second kappa shape index (κ2) is 6.54. The lowest BCUT2D eigenvalue weighted by atomic mass is 9.91. The number of hydrogen-bond acceptors (Lipinski definition) is 4. The maximum atomic E-state index is 5.85. The SMILES string of the molecule is CCOC(C)(C)c1nc(C(C)(C)C)c(CNC(C)C)s1. The molecular weight excluding hydrogens is 268 g/mol. The molecule has 116 valence electrons. The summed E-state index contributed by atoms with van der Waals surface area (Å²) in [5.74, 6) is 0. The zero-order chi connectivity index (χ0) is 15.6. The highest BCUT2D eigenvalue weighted by atomic mass is 32.1.